The van der Waals surface area contributed by atoms with Crippen LogP contribution < -0.4 is 9.46 Å². The van der Waals surface area contributed by atoms with E-state index in [9.17, 15) is 18.3 Å². The van der Waals surface area contributed by atoms with Gasteiger partial charge in [0.25, 0.3) is 0 Å². The topological polar surface area (TPSA) is 111 Å². The molecule has 0 aliphatic rings. The second-order valence-corrected chi connectivity index (χ2v) is 12.5. The smallest absolute Gasteiger partial charge is 0.337 e. The van der Waals surface area contributed by atoms with Crippen LogP contribution in [0.4, 0.5) is 5.69 Å². The largest absolute Gasteiger partial charge is 0.478 e. The Kier molecular flexibility index (Phi) is 9.10. The zero-order valence-electron chi connectivity index (χ0n) is 23.7. The van der Waals surface area contributed by atoms with E-state index in [1.165, 1.54) is 18.2 Å². The van der Waals surface area contributed by atoms with Crippen LogP contribution in [-0.2, 0) is 16.6 Å². The molecule has 0 unspecified atom stereocenters. The molecular formula is C33H27Cl2N3O5S. The van der Waals surface area contributed by atoms with Crippen molar-refractivity contribution in [2.75, 3.05) is 11.0 Å². The Balaban J connectivity index is 1.28. The maximum absolute atomic E-state index is 11.6. The molecule has 0 fully saturated rings. The van der Waals surface area contributed by atoms with Crippen molar-refractivity contribution in [1.29, 1.82) is 0 Å². The summed E-state index contributed by atoms with van der Waals surface area (Å²) in [6.45, 7) is 2.81. The van der Waals surface area contributed by atoms with Crippen molar-refractivity contribution in [1.82, 2.24) is 9.55 Å². The van der Waals surface area contributed by atoms with Crippen LogP contribution in [0.5, 0.6) is 11.5 Å². The molecular weight excluding hydrogens is 621 g/mol. The molecule has 8 nitrogen and oxygen atoms in total. The first kappa shape index (κ1) is 30.9. The van der Waals surface area contributed by atoms with E-state index >= 15 is 0 Å². The lowest BCUT2D eigenvalue weighted by molar-refractivity contribution is 0.0697. The van der Waals surface area contributed by atoms with Gasteiger partial charge in [-0.3, -0.25) is 4.72 Å². The highest BCUT2D eigenvalue weighted by molar-refractivity contribution is 7.92. The summed E-state index contributed by atoms with van der Waals surface area (Å²) in [5.41, 5.74) is 4.33. The number of rotatable bonds is 10. The van der Waals surface area contributed by atoms with Gasteiger partial charge in [0.05, 0.1) is 28.2 Å². The van der Waals surface area contributed by atoms with E-state index in [1.807, 2.05) is 60.8 Å². The van der Waals surface area contributed by atoms with Gasteiger partial charge in [0.15, 0.2) is 0 Å². The van der Waals surface area contributed by atoms with Crippen LogP contribution in [0, 0.1) is 0 Å². The van der Waals surface area contributed by atoms with Crippen molar-refractivity contribution in [3.63, 3.8) is 0 Å². The molecule has 0 radical (unpaired) electrons. The Labute approximate surface area is 265 Å². The third-order valence-electron chi connectivity index (χ3n) is 6.63. The van der Waals surface area contributed by atoms with Crippen molar-refractivity contribution in [3.8, 4) is 33.9 Å². The molecule has 0 bridgehead atoms. The Bertz CT molecular complexity index is 1970. The normalized spacial score (nSPS) is 11.5. The number of anilines is 1. The number of hydrogen-bond donors (Lipinski definition) is 2. The Morgan fingerprint density at radius 2 is 1.59 bits per heavy atom. The van der Waals surface area contributed by atoms with Crippen molar-refractivity contribution in [2.45, 2.75) is 13.5 Å². The fourth-order valence-electron chi connectivity index (χ4n) is 4.50. The van der Waals surface area contributed by atoms with Gasteiger partial charge in [-0.2, -0.15) is 0 Å². The van der Waals surface area contributed by atoms with Crippen molar-refractivity contribution in [2.24, 2.45) is 0 Å². The Hall–Kier alpha value is -4.57. The predicted octanol–water partition coefficient (Wildman–Crippen LogP) is 8.58. The molecule has 1 aromatic heterocycles. The van der Waals surface area contributed by atoms with Gasteiger partial charge >= 0.3 is 5.97 Å². The van der Waals surface area contributed by atoms with Gasteiger partial charge in [-0.05, 0) is 78.2 Å². The molecule has 1 heterocycles. The quantitative estimate of drug-likeness (QED) is 0.157. The first-order chi connectivity index (χ1) is 21.0. The van der Waals surface area contributed by atoms with Crippen molar-refractivity contribution < 1.29 is 23.1 Å². The number of sulfonamides is 1. The molecule has 44 heavy (non-hydrogen) atoms. The van der Waals surface area contributed by atoms with Gasteiger partial charge in [-0.15, -0.1) is 0 Å². The van der Waals surface area contributed by atoms with Crippen molar-refractivity contribution in [3.05, 3.63) is 118 Å². The van der Waals surface area contributed by atoms with Crippen LogP contribution in [0.15, 0.2) is 91.1 Å². The highest BCUT2D eigenvalue weighted by atomic mass is 35.5. The molecule has 0 aliphatic heterocycles. The van der Waals surface area contributed by atoms with Crippen LogP contribution in [0.2, 0.25) is 10.0 Å². The first-order valence-electron chi connectivity index (χ1n) is 13.4. The van der Waals surface area contributed by atoms with E-state index in [2.05, 4.69) is 16.2 Å². The number of aromatic carboxylic acids is 1. The molecule has 2 N–H and O–H groups in total. The summed E-state index contributed by atoms with van der Waals surface area (Å²) in [5, 5.41) is 10.6. The van der Waals surface area contributed by atoms with Gasteiger partial charge < -0.3 is 14.4 Å². The van der Waals surface area contributed by atoms with Crippen LogP contribution in [0.1, 0.15) is 28.7 Å². The van der Waals surface area contributed by atoms with E-state index < -0.39 is 16.0 Å². The number of halogens is 2. The summed E-state index contributed by atoms with van der Waals surface area (Å²) in [4.78, 5) is 16.4. The molecule has 0 amide bonds. The number of aromatic nitrogens is 2. The lowest BCUT2D eigenvalue weighted by Crippen LogP contribution is -2.13. The summed E-state index contributed by atoms with van der Waals surface area (Å²) >= 11 is 12.4. The summed E-state index contributed by atoms with van der Waals surface area (Å²) < 4.78 is 33.2. The summed E-state index contributed by atoms with van der Waals surface area (Å²) in [5.74, 6) is 0.292. The van der Waals surface area contributed by atoms with Gasteiger partial charge in [-0.25, -0.2) is 18.2 Å². The van der Waals surface area contributed by atoms with Crippen LogP contribution in [0.25, 0.3) is 34.5 Å². The molecule has 0 spiro atoms. The zero-order chi connectivity index (χ0) is 31.4. The van der Waals surface area contributed by atoms with Gasteiger partial charge in [0.2, 0.25) is 10.0 Å². The van der Waals surface area contributed by atoms with E-state index in [1.54, 1.807) is 24.3 Å². The van der Waals surface area contributed by atoms with Crippen LogP contribution >= 0.6 is 23.2 Å². The van der Waals surface area contributed by atoms with E-state index in [4.69, 9.17) is 32.9 Å². The first-order valence-corrected chi connectivity index (χ1v) is 16.1. The van der Waals surface area contributed by atoms with Gasteiger partial charge in [-0.1, -0.05) is 65.7 Å². The highest BCUT2D eigenvalue weighted by Crippen LogP contribution is 2.31. The molecule has 5 aromatic rings. The second kappa shape index (κ2) is 13.0. The molecule has 5 rings (SSSR count). The van der Waals surface area contributed by atoms with Gasteiger partial charge in [0.1, 0.15) is 17.3 Å². The average Bonchev–Trinajstić information content (AvgIpc) is 3.39. The Morgan fingerprint density at radius 1 is 0.932 bits per heavy atom. The standard InChI is InChI=1S/C33H27Cl2N3O5S/c1-3-38-20-31(27-15-11-24(34)18-29(27)35)36-32(38)17-6-21-4-7-22(8-5-21)23-9-12-25(13-10-23)43-26-14-16-30(37-44(2,41)42)28(19-26)33(39)40/h4-20,37H,3H2,1-2H3,(H,39,40)/b17-6+. The number of imidazole rings is 1. The number of carbonyl (C=O) groups is 1. The molecule has 224 valence electrons. The maximum atomic E-state index is 11.6. The fraction of sp³-hybridized carbons (Fsp3) is 0.0909. The van der Waals surface area contributed by atoms with Crippen molar-refractivity contribution >= 4 is 57.0 Å². The van der Waals surface area contributed by atoms with Crippen LogP contribution in [0.3, 0.4) is 0 Å². The lowest BCUT2D eigenvalue weighted by Gasteiger charge is -2.11. The molecule has 0 saturated heterocycles. The van der Waals surface area contributed by atoms with E-state index in [-0.39, 0.29) is 17.0 Å². The fourth-order valence-corrected chi connectivity index (χ4v) is 5.59. The van der Waals surface area contributed by atoms with E-state index in [0.717, 1.165) is 46.6 Å². The molecule has 0 aliphatic carbocycles. The molecule has 4 aromatic carbocycles. The molecule has 0 atom stereocenters. The highest BCUT2D eigenvalue weighted by Gasteiger charge is 2.15. The SMILES string of the molecule is CCn1cc(-c2ccc(Cl)cc2Cl)nc1/C=C/c1ccc(-c2ccc(Oc3ccc(NS(C)(=O)=O)c(C(=O)O)c3)cc2)cc1. The van der Waals surface area contributed by atoms with Gasteiger partial charge in [0, 0.05) is 23.3 Å². The average molecular weight is 649 g/mol. The third kappa shape index (κ3) is 7.49. The monoisotopic (exact) mass is 647 g/mol. The minimum absolute atomic E-state index is 0.0378. The minimum Gasteiger partial charge on any atom is -0.478 e. The number of carboxylic acids is 1. The number of hydrogen-bond acceptors (Lipinski definition) is 5. The number of nitrogens with one attached hydrogen (secondary N) is 1. The number of aryl methyl sites for hydroxylation is 1. The third-order valence-corrected chi connectivity index (χ3v) is 7.77. The predicted molar refractivity (Wildman–Crippen MR) is 176 cm³/mol. The summed E-state index contributed by atoms with van der Waals surface area (Å²) in [6, 6.07) is 24.9. The lowest BCUT2D eigenvalue weighted by atomic mass is 10.0. The number of ether oxygens (including phenoxy) is 1. The number of nitrogens with zero attached hydrogens (tertiary/aromatic N) is 2. The minimum atomic E-state index is -3.64. The zero-order valence-corrected chi connectivity index (χ0v) is 26.0. The van der Waals surface area contributed by atoms with Crippen LogP contribution in [-0.4, -0.2) is 35.3 Å². The number of benzene rings is 4. The second-order valence-electron chi connectivity index (χ2n) is 9.86. The Morgan fingerprint density at radius 3 is 2.20 bits per heavy atom. The summed E-state index contributed by atoms with van der Waals surface area (Å²) in [7, 11) is -3.64. The molecule has 11 heteroatoms. The molecule has 0 saturated carbocycles. The number of carboxylic acid groups (broad SMARTS) is 1. The summed E-state index contributed by atoms with van der Waals surface area (Å²) in [6.07, 6.45) is 6.90. The van der Waals surface area contributed by atoms with E-state index in [0.29, 0.717) is 15.8 Å². The maximum Gasteiger partial charge on any atom is 0.337 e.